The van der Waals surface area contributed by atoms with Gasteiger partial charge in [-0.05, 0) is 86.4 Å². The molecule has 2 fully saturated rings. The molecule has 0 spiro atoms. The number of alkyl halides is 2. The number of nitrogens with one attached hydrogen (secondary N) is 3. The minimum atomic E-state index is -2.94. The number of pyridine rings is 1. The third-order valence-electron chi connectivity index (χ3n) is 11.6. The lowest BCUT2D eigenvalue weighted by molar-refractivity contribution is -0.136. The maximum atomic E-state index is 14.1. The van der Waals surface area contributed by atoms with Crippen molar-refractivity contribution in [2.75, 3.05) is 43.6 Å². The van der Waals surface area contributed by atoms with Gasteiger partial charge in [0.15, 0.2) is 11.4 Å². The van der Waals surface area contributed by atoms with Crippen molar-refractivity contribution < 1.29 is 51.4 Å². The highest BCUT2D eigenvalue weighted by atomic mass is 19.3. The molecule has 6 aromatic rings. The zero-order valence-electron chi connectivity index (χ0n) is 37.1. The molecule has 2 aromatic carbocycles. The average molecular weight is 948 g/mol. The van der Waals surface area contributed by atoms with Crippen LogP contribution in [0.2, 0.25) is 0 Å². The maximum Gasteiger partial charge on any atom is 0.284 e. The van der Waals surface area contributed by atoms with Gasteiger partial charge in [-0.25, -0.2) is 28.1 Å². The van der Waals surface area contributed by atoms with Crippen molar-refractivity contribution in [3.05, 3.63) is 113 Å². The lowest BCUT2D eigenvalue weighted by atomic mass is 10.0. The van der Waals surface area contributed by atoms with E-state index in [9.17, 15) is 32.8 Å². The van der Waals surface area contributed by atoms with Crippen molar-refractivity contribution in [2.45, 2.75) is 70.6 Å². The predicted octanol–water partition coefficient (Wildman–Crippen LogP) is 5.56. The molecular formula is C47H47F2N11O9. The number of benzene rings is 2. The summed E-state index contributed by atoms with van der Waals surface area (Å²) in [6, 6.07) is 14.4. The molecule has 1 saturated carbocycles. The van der Waals surface area contributed by atoms with E-state index < -0.39 is 47.7 Å². The van der Waals surface area contributed by atoms with Gasteiger partial charge < -0.3 is 29.3 Å². The number of carbonyl (C=O) groups is 5. The first kappa shape index (κ1) is 46.4. The molecule has 2 aliphatic heterocycles. The molecule has 20 nitrogen and oxygen atoms in total. The zero-order chi connectivity index (χ0) is 47.9. The minimum Gasteiger partial charge on any atom is -0.486 e. The third-order valence-corrected chi connectivity index (χ3v) is 11.6. The van der Waals surface area contributed by atoms with Gasteiger partial charge in [0.05, 0.1) is 61.3 Å². The Balaban J connectivity index is 0.654. The van der Waals surface area contributed by atoms with Crippen molar-refractivity contribution in [3.63, 3.8) is 0 Å². The number of hydrogen-bond donors (Lipinski definition) is 3. The van der Waals surface area contributed by atoms with Crippen LogP contribution in [0.5, 0.6) is 5.75 Å². The summed E-state index contributed by atoms with van der Waals surface area (Å²) >= 11 is 0. The number of carbonyl (C=O) groups excluding carboxylic acids is 5. The van der Waals surface area contributed by atoms with Gasteiger partial charge in [0.1, 0.15) is 36.2 Å². The molecule has 358 valence electrons. The smallest absolute Gasteiger partial charge is 0.284 e. The van der Waals surface area contributed by atoms with E-state index in [2.05, 4.69) is 41.3 Å². The van der Waals surface area contributed by atoms with Gasteiger partial charge in [-0.3, -0.25) is 34.2 Å². The van der Waals surface area contributed by atoms with Crippen LogP contribution in [0.25, 0.3) is 17.1 Å². The number of hydrogen-bond acceptors (Lipinski definition) is 15. The molecule has 9 rings (SSSR count). The number of ether oxygens (including phenoxy) is 3. The summed E-state index contributed by atoms with van der Waals surface area (Å²) in [6.07, 6.45) is 7.80. The van der Waals surface area contributed by atoms with E-state index in [0.717, 1.165) is 36.3 Å². The molecule has 1 aliphatic carbocycles. The number of oxazole rings is 1. The van der Waals surface area contributed by atoms with Crippen molar-refractivity contribution in [3.8, 4) is 22.9 Å². The molecular weight excluding hydrogens is 901 g/mol. The topological polar surface area (TPSA) is 240 Å². The number of amides is 5. The number of unbranched alkanes of at least 4 members (excludes halogenated alkanes) is 1. The summed E-state index contributed by atoms with van der Waals surface area (Å²) in [6.45, 7) is 2.91. The first-order chi connectivity index (χ1) is 33.6. The van der Waals surface area contributed by atoms with E-state index in [4.69, 9.17) is 18.6 Å². The first-order valence-corrected chi connectivity index (χ1v) is 22.5. The number of aryl methyl sites for hydroxylation is 1. The van der Waals surface area contributed by atoms with Gasteiger partial charge in [-0.15, -0.1) is 5.10 Å². The molecule has 3 aliphatic rings. The van der Waals surface area contributed by atoms with E-state index in [1.54, 1.807) is 53.5 Å². The van der Waals surface area contributed by atoms with Crippen LogP contribution in [0, 0.1) is 5.92 Å². The second kappa shape index (κ2) is 21.1. The highest BCUT2D eigenvalue weighted by Gasteiger charge is 2.46. The molecule has 22 heteroatoms. The number of nitrogens with zero attached hydrogens (tertiary/aromatic N) is 8. The van der Waals surface area contributed by atoms with Crippen molar-refractivity contribution in [1.29, 1.82) is 0 Å². The van der Waals surface area contributed by atoms with Crippen molar-refractivity contribution in [2.24, 2.45) is 5.92 Å². The molecule has 0 bridgehead atoms. The summed E-state index contributed by atoms with van der Waals surface area (Å²) in [5, 5.41) is 20.3. The Hall–Kier alpha value is -7.72. The van der Waals surface area contributed by atoms with Crippen LogP contribution in [0.15, 0.2) is 83.9 Å². The van der Waals surface area contributed by atoms with E-state index in [1.807, 2.05) is 12.1 Å². The molecule has 1 atom stereocenters. The monoisotopic (exact) mass is 947 g/mol. The second-order valence-corrected chi connectivity index (χ2v) is 16.7. The second-order valence-electron chi connectivity index (χ2n) is 16.7. The maximum absolute atomic E-state index is 14.1. The van der Waals surface area contributed by atoms with Crippen LogP contribution in [-0.2, 0) is 38.6 Å². The molecule has 5 amide bonds. The number of rotatable bonds is 23. The number of fused-ring (bicyclic) bond motifs is 1. The van der Waals surface area contributed by atoms with Crippen LogP contribution in [0.1, 0.15) is 93.1 Å². The quantitative estimate of drug-likeness (QED) is 0.0526. The van der Waals surface area contributed by atoms with Crippen LogP contribution in [-0.4, -0.2) is 108 Å². The Morgan fingerprint density at radius 2 is 1.77 bits per heavy atom. The lowest BCUT2D eigenvalue weighted by Gasteiger charge is -2.27. The minimum absolute atomic E-state index is 0.0228. The SMILES string of the molecule is O=C1CCC(N2C(=O)c3cccc(OCc4cn(CCOCCOCCCCc5ccc(-n6cc(NC(=O)c7coc(-c8ccnc(NCC9CC9)c8)n7)c(C(F)F)n6)cc5)nn4)c3C2=O)C(=O)N1. The summed E-state index contributed by atoms with van der Waals surface area (Å²) in [4.78, 5) is 73.0. The van der Waals surface area contributed by atoms with E-state index in [0.29, 0.717) is 61.7 Å². The Morgan fingerprint density at radius 3 is 2.57 bits per heavy atom. The lowest BCUT2D eigenvalue weighted by Crippen LogP contribution is -2.54. The predicted molar refractivity (Wildman–Crippen MR) is 239 cm³/mol. The largest absolute Gasteiger partial charge is 0.486 e. The highest BCUT2D eigenvalue weighted by Crippen LogP contribution is 2.34. The number of aromatic nitrogens is 7. The van der Waals surface area contributed by atoms with E-state index in [-0.39, 0.29) is 53.6 Å². The Morgan fingerprint density at radius 1 is 0.942 bits per heavy atom. The highest BCUT2D eigenvalue weighted by molar-refractivity contribution is 6.24. The summed E-state index contributed by atoms with van der Waals surface area (Å²) in [5.74, 6) is -1.46. The van der Waals surface area contributed by atoms with E-state index in [1.165, 1.54) is 36.0 Å². The molecule has 1 saturated heterocycles. The summed E-state index contributed by atoms with van der Waals surface area (Å²) in [7, 11) is 0. The normalized spacial score (nSPS) is 15.8. The zero-order valence-corrected chi connectivity index (χ0v) is 37.1. The fraction of sp³-hybridized carbons (Fsp3) is 0.362. The summed E-state index contributed by atoms with van der Waals surface area (Å²) < 4.78 is 53.9. The number of anilines is 2. The van der Waals surface area contributed by atoms with Gasteiger partial charge in [0.25, 0.3) is 24.1 Å². The fourth-order valence-corrected chi connectivity index (χ4v) is 7.80. The Bertz CT molecular complexity index is 2840. The fourth-order valence-electron chi connectivity index (χ4n) is 7.80. The summed E-state index contributed by atoms with van der Waals surface area (Å²) in [5.41, 5.74) is 2.07. The van der Waals surface area contributed by atoms with Gasteiger partial charge in [0.2, 0.25) is 17.7 Å². The third kappa shape index (κ3) is 11.2. The Labute approximate surface area is 392 Å². The van der Waals surface area contributed by atoms with Crippen LogP contribution < -0.4 is 20.7 Å². The standard InChI is InChI=1S/C47H47F2N11O9/c48-42(49)41-34(52-43(62)35-27-69-45(53-35)30-15-16-50-38(22-30)51-23-29-7-8-29)25-59(56-41)32-11-9-28(10-12-32)4-1-2-18-66-20-21-67-19-17-58-24-31(55-57-58)26-68-37-6-3-5-33-40(37)47(65)60(46(33)64)36-13-14-39(61)54-44(36)63/h3,5-6,9-12,15-16,22,24-25,27,29,36,42H,1-2,4,7-8,13-14,17-21,23,26H2,(H,50,51)(H,52,62)(H,54,61,63). The van der Waals surface area contributed by atoms with Gasteiger partial charge in [-0.1, -0.05) is 23.4 Å². The van der Waals surface area contributed by atoms with Crippen molar-refractivity contribution >= 4 is 41.0 Å². The molecule has 0 radical (unpaired) electrons. The molecule has 1 unspecified atom stereocenters. The van der Waals surface area contributed by atoms with Crippen molar-refractivity contribution in [1.82, 2.24) is 45.0 Å². The molecule has 6 heterocycles. The Kier molecular flexibility index (Phi) is 14.2. The van der Waals surface area contributed by atoms with Gasteiger partial charge in [-0.2, -0.15) is 5.10 Å². The van der Waals surface area contributed by atoms with Crippen LogP contribution in [0.4, 0.5) is 20.3 Å². The van der Waals surface area contributed by atoms with Gasteiger partial charge in [0, 0.05) is 31.3 Å². The van der Waals surface area contributed by atoms with Crippen LogP contribution in [0.3, 0.4) is 0 Å². The number of halogens is 2. The number of imide groups is 2. The first-order valence-electron chi connectivity index (χ1n) is 22.5. The van der Waals surface area contributed by atoms with E-state index >= 15 is 0 Å². The van der Waals surface area contributed by atoms with Crippen LogP contribution >= 0.6 is 0 Å². The molecule has 69 heavy (non-hydrogen) atoms. The van der Waals surface area contributed by atoms with Gasteiger partial charge >= 0.3 is 0 Å². The molecule has 4 aromatic heterocycles. The number of piperidine rings is 1. The average Bonchev–Trinajstić information content (AvgIpc) is 3.63. The molecule has 3 N–H and O–H groups in total.